The smallest absolute Gasteiger partial charge is 0.306 e. The number of nitrogens with one attached hydrogen (secondary N) is 1. The molecule has 0 bridgehead atoms. The fourth-order valence-electron chi connectivity index (χ4n) is 4.08. The molecule has 2 saturated carbocycles. The molecule has 170 valence electrons. The molecule has 6 nitrogen and oxygen atoms in total. The van der Waals surface area contributed by atoms with Crippen LogP contribution in [0, 0.1) is 5.92 Å². The molecule has 1 heterocycles. The summed E-state index contributed by atoms with van der Waals surface area (Å²) in [4.78, 5) is 37.8. The van der Waals surface area contributed by atoms with Gasteiger partial charge in [0.1, 0.15) is 5.75 Å². The third kappa shape index (κ3) is 5.97. The Morgan fingerprint density at radius 1 is 0.969 bits per heavy atom. The second kappa shape index (κ2) is 10.3. The lowest BCUT2D eigenvalue weighted by Crippen LogP contribution is -2.27. The van der Waals surface area contributed by atoms with Gasteiger partial charge in [-0.2, -0.15) is 0 Å². The summed E-state index contributed by atoms with van der Waals surface area (Å²) in [5.41, 5.74) is 0.630. The van der Waals surface area contributed by atoms with E-state index in [1.165, 1.54) is 17.7 Å². The molecule has 2 aliphatic carbocycles. The number of rotatable bonds is 10. The quantitative estimate of drug-likeness (QED) is 0.387. The van der Waals surface area contributed by atoms with E-state index < -0.39 is 5.97 Å². The van der Waals surface area contributed by atoms with Gasteiger partial charge in [-0.3, -0.25) is 14.4 Å². The number of carbonyl (C=O) groups excluding carboxylic acids is 2. The molecule has 0 aliphatic heterocycles. The first-order valence-electron chi connectivity index (χ1n) is 11.4. The first-order valence-corrected chi connectivity index (χ1v) is 12.2. The van der Waals surface area contributed by atoms with Crippen molar-refractivity contribution in [3.63, 3.8) is 0 Å². The molecule has 1 aromatic carbocycles. The van der Waals surface area contributed by atoms with Gasteiger partial charge in [0.15, 0.2) is 5.78 Å². The van der Waals surface area contributed by atoms with Crippen LogP contribution < -0.4 is 10.1 Å². The van der Waals surface area contributed by atoms with E-state index in [-0.39, 0.29) is 23.7 Å². The number of benzene rings is 1. The lowest BCUT2D eigenvalue weighted by Gasteiger charge is -2.26. The van der Waals surface area contributed by atoms with Crippen LogP contribution in [0.1, 0.15) is 82.2 Å². The normalized spacial score (nSPS) is 20.5. The average Bonchev–Trinajstić information content (AvgIpc) is 3.53. The molecule has 32 heavy (non-hydrogen) atoms. The molecule has 2 aromatic rings. The summed E-state index contributed by atoms with van der Waals surface area (Å²) in [6.45, 7) is 0.474. The van der Waals surface area contributed by atoms with Crippen LogP contribution in [0.4, 0.5) is 0 Å². The number of thiophene rings is 1. The van der Waals surface area contributed by atoms with Crippen LogP contribution in [0.2, 0.25) is 0 Å². The van der Waals surface area contributed by atoms with Crippen molar-refractivity contribution >= 4 is 29.0 Å². The van der Waals surface area contributed by atoms with Crippen LogP contribution in [-0.2, 0) is 4.79 Å². The molecule has 0 unspecified atom stereocenters. The zero-order valence-corrected chi connectivity index (χ0v) is 18.9. The van der Waals surface area contributed by atoms with Gasteiger partial charge in [0.05, 0.1) is 16.9 Å². The molecular formula is C25H29NO5S. The monoisotopic (exact) mass is 455 g/mol. The summed E-state index contributed by atoms with van der Waals surface area (Å²) < 4.78 is 5.95. The van der Waals surface area contributed by atoms with Crippen LogP contribution in [0.3, 0.4) is 0 Å². The average molecular weight is 456 g/mol. The molecule has 0 atom stereocenters. The van der Waals surface area contributed by atoms with Gasteiger partial charge in [-0.15, -0.1) is 11.3 Å². The molecule has 1 aromatic heterocycles. The van der Waals surface area contributed by atoms with Crippen molar-refractivity contribution < 1.29 is 24.2 Å². The number of aliphatic carboxylic acids is 1. The molecule has 1 amide bonds. The van der Waals surface area contributed by atoms with E-state index >= 15 is 0 Å². The Morgan fingerprint density at radius 3 is 2.34 bits per heavy atom. The summed E-state index contributed by atoms with van der Waals surface area (Å²) in [5, 5.41) is 12.0. The number of hydrogen-bond donors (Lipinski definition) is 2. The highest BCUT2D eigenvalue weighted by Gasteiger charge is 2.27. The molecule has 0 radical (unpaired) electrons. The van der Waals surface area contributed by atoms with Crippen LogP contribution in [-0.4, -0.2) is 35.4 Å². The second-order valence-corrected chi connectivity index (χ2v) is 9.83. The number of ether oxygens (including phenoxy) is 1. The summed E-state index contributed by atoms with van der Waals surface area (Å²) in [5.74, 6) is 0.357. The zero-order valence-electron chi connectivity index (χ0n) is 18.0. The van der Waals surface area contributed by atoms with Crippen molar-refractivity contribution in [3.8, 4) is 5.75 Å². The van der Waals surface area contributed by atoms with Crippen LogP contribution in [0.5, 0.6) is 5.75 Å². The minimum Gasteiger partial charge on any atom is -0.490 e. The fraction of sp³-hybridized carbons (Fsp3) is 0.480. The van der Waals surface area contributed by atoms with Crippen LogP contribution in [0.15, 0.2) is 36.4 Å². The van der Waals surface area contributed by atoms with E-state index in [4.69, 9.17) is 9.84 Å². The second-order valence-electron chi connectivity index (χ2n) is 8.71. The molecule has 2 aliphatic rings. The van der Waals surface area contributed by atoms with Crippen molar-refractivity contribution in [1.82, 2.24) is 5.32 Å². The van der Waals surface area contributed by atoms with Crippen LogP contribution in [0.25, 0.3) is 0 Å². The summed E-state index contributed by atoms with van der Waals surface area (Å²) in [7, 11) is 0. The van der Waals surface area contributed by atoms with E-state index in [1.54, 1.807) is 35.6 Å². The maximum Gasteiger partial charge on any atom is 0.306 e. The Bertz CT molecular complexity index is 955. The van der Waals surface area contributed by atoms with E-state index in [2.05, 4.69) is 11.4 Å². The maximum atomic E-state index is 12.4. The lowest BCUT2D eigenvalue weighted by atomic mass is 9.87. The third-order valence-electron chi connectivity index (χ3n) is 6.20. The number of carbonyl (C=O) groups is 3. The van der Waals surface area contributed by atoms with Gasteiger partial charge in [0, 0.05) is 23.4 Å². The van der Waals surface area contributed by atoms with Gasteiger partial charge in [0.25, 0.3) is 5.91 Å². The van der Waals surface area contributed by atoms with E-state index in [1.807, 2.05) is 6.07 Å². The Balaban J connectivity index is 1.16. The van der Waals surface area contributed by atoms with Crippen molar-refractivity contribution in [2.45, 2.75) is 63.4 Å². The summed E-state index contributed by atoms with van der Waals surface area (Å²) in [6.07, 6.45) is 6.19. The highest BCUT2D eigenvalue weighted by Crippen LogP contribution is 2.43. The Kier molecular flexibility index (Phi) is 7.25. The molecule has 7 heteroatoms. The van der Waals surface area contributed by atoms with Crippen molar-refractivity contribution in [2.75, 3.05) is 6.54 Å². The van der Waals surface area contributed by atoms with E-state index in [0.717, 1.165) is 17.7 Å². The number of carboxylic acids is 1. The van der Waals surface area contributed by atoms with Gasteiger partial charge in [0.2, 0.25) is 0 Å². The largest absolute Gasteiger partial charge is 0.490 e. The first-order chi connectivity index (χ1) is 15.5. The molecule has 4 rings (SSSR count). The topological polar surface area (TPSA) is 92.7 Å². The number of carboxylic acid groups (broad SMARTS) is 1. The third-order valence-corrected chi connectivity index (χ3v) is 7.45. The Labute approximate surface area is 192 Å². The molecular weight excluding hydrogens is 426 g/mol. The molecule has 0 spiro atoms. The fourth-order valence-corrected chi connectivity index (χ4v) is 5.18. The maximum absolute atomic E-state index is 12.4. The highest BCUT2D eigenvalue weighted by atomic mass is 32.1. The van der Waals surface area contributed by atoms with Gasteiger partial charge in [-0.25, -0.2) is 0 Å². The predicted octanol–water partition coefficient (Wildman–Crippen LogP) is 5.04. The first kappa shape index (κ1) is 22.5. The summed E-state index contributed by atoms with van der Waals surface area (Å²) in [6, 6.07) is 11.1. The van der Waals surface area contributed by atoms with E-state index in [0.29, 0.717) is 49.5 Å². The van der Waals surface area contributed by atoms with E-state index in [9.17, 15) is 14.4 Å². The van der Waals surface area contributed by atoms with Gasteiger partial charge in [-0.1, -0.05) is 0 Å². The number of Topliss-reactive ketones (excluding diaryl/α,β-unsaturated/α-hetero) is 1. The SMILES string of the molecule is O=C(CCCNC(=O)c1ccc(C2CC2)s1)c1ccc(OC2CCC(C(=O)O)CC2)cc1. The van der Waals surface area contributed by atoms with Crippen molar-refractivity contribution in [2.24, 2.45) is 5.92 Å². The highest BCUT2D eigenvalue weighted by molar-refractivity contribution is 7.14. The van der Waals surface area contributed by atoms with Crippen molar-refractivity contribution in [1.29, 1.82) is 0 Å². The minimum atomic E-state index is -0.722. The van der Waals surface area contributed by atoms with Crippen molar-refractivity contribution in [3.05, 3.63) is 51.7 Å². The molecule has 2 fully saturated rings. The Morgan fingerprint density at radius 2 is 1.69 bits per heavy atom. The predicted molar refractivity (Wildman–Crippen MR) is 123 cm³/mol. The number of hydrogen-bond acceptors (Lipinski definition) is 5. The zero-order chi connectivity index (χ0) is 22.5. The van der Waals surface area contributed by atoms with Crippen LogP contribution >= 0.6 is 11.3 Å². The lowest BCUT2D eigenvalue weighted by molar-refractivity contribution is -0.143. The number of ketones is 1. The van der Waals surface area contributed by atoms with Gasteiger partial charge < -0.3 is 15.2 Å². The number of amides is 1. The standard InChI is InChI=1S/C25H29NO5S/c27-21(2-1-15-26-24(28)23-14-13-22(32-23)17-3-4-17)16-5-9-19(10-6-16)31-20-11-7-18(8-12-20)25(29)30/h5-6,9-10,13-14,17-18,20H,1-4,7-8,11-12,15H2,(H,26,28)(H,29,30). The molecule has 0 saturated heterocycles. The summed E-state index contributed by atoms with van der Waals surface area (Å²) >= 11 is 1.57. The minimum absolute atomic E-state index is 0.0273. The molecule has 2 N–H and O–H groups in total. The van der Waals surface area contributed by atoms with Gasteiger partial charge >= 0.3 is 5.97 Å². The Hall–Kier alpha value is -2.67. The van der Waals surface area contributed by atoms with Gasteiger partial charge in [-0.05, 0) is 87.3 Å².